The zero-order chi connectivity index (χ0) is 25.4. The minimum atomic E-state index is -0.0824. The largest absolute Gasteiger partial charge is 0.508 e. The van der Waals surface area contributed by atoms with Crippen molar-refractivity contribution in [3.05, 3.63) is 59.2 Å². The highest BCUT2D eigenvalue weighted by atomic mass is 16.3. The van der Waals surface area contributed by atoms with Gasteiger partial charge in [-0.25, -0.2) is 0 Å². The number of aldehydes is 1. The van der Waals surface area contributed by atoms with Crippen molar-refractivity contribution in [3.63, 3.8) is 0 Å². The number of aromatic hydroxyl groups is 2. The van der Waals surface area contributed by atoms with Gasteiger partial charge in [0.25, 0.3) is 0 Å². The summed E-state index contributed by atoms with van der Waals surface area (Å²) >= 11 is 0. The van der Waals surface area contributed by atoms with Gasteiger partial charge in [0.15, 0.2) is 6.29 Å². The van der Waals surface area contributed by atoms with E-state index in [2.05, 4.69) is 70.4 Å². The molecule has 190 valence electrons. The van der Waals surface area contributed by atoms with Crippen molar-refractivity contribution in [1.82, 2.24) is 0 Å². The molecule has 0 aliphatic carbocycles. The first-order chi connectivity index (χ1) is 15.9. The first kappa shape index (κ1) is 28.0. The molecule has 2 N–H and O–H groups in total. The first-order valence-electron chi connectivity index (χ1n) is 12.0. The predicted molar refractivity (Wildman–Crippen MR) is 150 cm³/mol. The third-order valence-electron chi connectivity index (χ3n) is 6.85. The number of hydrogen-bond acceptors (Lipinski definition) is 5. The molecule has 0 spiro atoms. The number of benzene rings is 2. The highest BCUT2D eigenvalue weighted by molar-refractivity contribution is 5.89. The summed E-state index contributed by atoms with van der Waals surface area (Å²) in [4.78, 5) is 15.4. The Kier molecular flexibility index (Phi) is 8.16. The van der Waals surface area contributed by atoms with Gasteiger partial charge in [0, 0.05) is 47.7 Å². The summed E-state index contributed by atoms with van der Waals surface area (Å²) < 4.78 is 0. The molecular formula is C30H42N2O3. The highest BCUT2D eigenvalue weighted by Crippen LogP contribution is 2.42. The van der Waals surface area contributed by atoms with Crippen molar-refractivity contribution in [2.24, 2.45) is 0 Å². The Morgan fingerprint density at radius 2 is 1.29 bits per heavy atom. The van der Waals surface area contributed by atoms with Crippen LogP contribution >= 0.6 is 0 Å². The maximum absolute atomic E-state index is 10.9. The number of rotatable bonds is 3. The number of phenolic OH excluding ortho intramolecular Hbond substituents is 2. The van der Waals surface area contributed by atoms with Crippen molar-refractivity contribution in [1.29, 1.82) is 0 Å². The molecule has 0 fully saturated rings. The van der Waals surface area contributed by atoms with Crippen LogP contribution < -0.4 is 9.80 Å². The number of allylic oxidation sites excluding steroid dienone is 2. The molecule has 2 aromatic rings. The standard InChI is InChI=1S/C15H19NO2.C14H19NO.CH4/c1-5-16-13-7-14(18)11(9-17)6-12(13)10(2)8-15(16,3)4;1-5-15-13-8-11(16)6-7-12(13)10(2)9-14(15,3)4;/h6-9,18H,5H2,1-4H3;6-9,16H,5H2,1-4H3;1H4. The second kappa shape index (κ2) is 10.2. The van der Waals surface area contributed by atoms with Crippen molar-refractivity contribution < 1.29 is 15.0 Å². The van der Waals surface area contributed by atoms with Gasteiger partial charge in [-0.2, -0.15) is 0 Å². The van der Waals surface area contributed by atoms with Crippen LogP contribution in [0.5, 0.6) is 11.5 Å². The van der Waals surface area contributed by atoms with Crippen LogP contribution in [-0.4, -0.2) is 40.7 Å². The van der Waals surface area contributed by atoms with E-state index in [0.717, 1.165) is 35.6 Å². The third-order valence-corrected chi connectivity index (χ3v) is 6.85. The van der Waals surface area contributed by atoms with Crippen molar-refractivity contribution in [3.8, 4) is 11.5 Å². The Morgan fingerprint density at radius 3 is 1.77 bits per heavy atom. The fourth-order valence-corrected chi connectivity index (χ4v) is 5.45. The average Bonchev–Trinajstić information content (AvgIpc) is 2.73. The van der Waals surface area contributed by atoms with Crippen LogP contribution in [0.1, 0.15) is 84.3 Å². The van der Waals surface area contributed by atoms with Crippen LogP contribution in [0, 0.1) is 0 Å². The lowest BCUT2D eigenvalue weighted by Gasteiger charge is -2.42. The van der Waals surface area contributed by atoms with Crippen LogP contribution in [0.2, 0.25) is 0 Å². The smallest absolute Gasteiger partial charge is 0.153 e. The van der Waals surface area contributed by atoms with E-state index < -0.39 is 0 Å². The lowest BCUT2D eigenvalue weighted by atomic mass is 9.88. The van der Waals surface area contributed by atoms with Crippen LogP contribution in [0.15, 0.2) is 42.5 Å². The molecule has 2 aliphatic heterocycles. The third kappa shape index (κ3) is 5.24. The van der Waals surface area contributed by atoms with Gasteiger partial charge in [-0.1, -0.05) is 19.6 Å². The fourth-order valence-electron chi connectivity index (χ4n) is 5.45. The quantitative estimate of drug-likeness (QED) is 0.454. The molecule has 0 amide bonds. The Labute approximate surface area is 211 Å². The van der Waals surface area contributed by atoms with Crippen molar-refractivity contribution >= 4 is 28.8 Å². The molecule has 0 radical (unpaired) electrons. The molecule has 0 unspecified atom stereocenters. The molecule has 0 saturated heterocycles. The molecule has 2 heterocycles. The summed E-state index contributed by atoms with van der Waals surface area (Å²) in [5, 5.41) is 19.5. The van der Waals surface area contributed by atoms with E-state index in [1.54, 1.807) is 18.2 Å². The van der Waals surface area contributed by atoms with Gasteiger partial charge in [-0.05, 0) is 84.7 Å². The van der Waals surface area contributed by atoms with Gasteiger partial charge in [0.2, 0.25) is 0 Å². The molecule has 35 heavy (non-hydrogen) atoms. The van der Waals surface area contributed by atoms with Crippen LogP contribution in [0.3, 0.4) is 0 Å². The van der Waals surface area contributed by atoms with E-state index >= 15 is 0 Å². The van der Waals surface area contributed by atoms with Crippen LogP contribution in [-0.2, 0) is 0 Å². The fraction of sp³-hybridized carbons (Fsp3) is 0.433. The molecule has 0 saturated carbocycles. The number of likely N-dealkylation sites (N-methyl/N-ethyl adjacent to an activating group) is 2. The zero-order valence-corrected chi connectivity index (χ0v) is 21.7. The Bertz CT molecular complexity index is 1160. The number of carbonyl (C=O) groups is 1. The summed E-state index contributed by atoms with van der Waals surface area (Å²) in [5.41, 5.74) is 7.07. The van der Waals surface area contributed by atoms with E-state index in [1.165, 1.54) is 11.1 Å². The lowest BCUT2D eigenvalue weighted by Crippen LogP contribution is -2.44. The number of hydrogen-bond donors (Lipinski definition) is 2. The van der Waals surface area contributed by atoms with Gasteiger partial charge in [0.1, 0.15) is 11.5 Å². The van der Waals surface area contributed by atoms with E-state index in [-0.39, 0.29) is 24.3 Å². The highest BCUT2D eigenvalue weighted by Gasteiger charge is 2.31. The van der Waals surface area contributed by atoms with Gasteiger partial charge in [-0.3, -0.25) is 4.79 Å². The summed E-state index contributed by atoms with van der Waals surface area (Å²) in [6.45, 7) is 18.9. The summed E-state index contributed by atoms with van der Waals surface area (Å²) in [7, 11) is 0. The Morgan fingerprint density at radius 1 is 0.800 bits per heavy atom. The first-order valence-corrected chi connectivity index (χ1v) is 12.0. The average molecular weight is 479 g/mol. The summed E-state index contributed by atoms with van der Waals surface area (Å²) in [5.74, 6) is 0.385. The lowest BCUT2D eigenvalue weighted by molar-refractivity contribution is 0.112. The topological polar surface area (TPSA) is 64.0 Å². The second-order valence-corrected chi connectivity index (χ2v) is 10.2. The molecule has 5 nitrogen and oxygen atoms in total. The Balaban J connectivity index is 0.000000241. The maximum atomic E-state index is 10.9. The molecule has 2 aromatic carbocycles. The molecule has 0 bridgehead atoms. The summed E-state index contributed by atoms with van der Waals surface area (Å²) in [6.07, 6.45) is 5.18. The second-order valence-electron chi connectivity index (χ2n) is 10.2. The molecule has 4 rings (SSSR count). The monoisotopic (exact) mass is 478 g/mol. The molecule has 0 atom stereocenters. The zero-order valence-electron chi connectivity index (χ0n) is 21.7. The van der Waals surface area contributed by atoms with E-state index in [0.29, 0.717) is 17.6 Å². The van der Waals surface area contributed by atoms with Crippen LogP contribution in [0.4, 0.5) is 11.4 Å². The van der Waals surface area contributed by atoms with Gasteiger partial charge < -0.3 is 20.0 Å². The number of anilines is 2. The molecular weight excluding hydrogens is 436 g/mol. The molecule has 0 aromatic heterocycles. The van der Waals surface area contributed by atoms with Crippen molar-refractivity contribution in [2.45, 2.75) is 73.9 Å². The minimum absolute atomic E-state index is 0. The molecule has 2 aliphatic rings. The number of nitrogens with zero attached hydrogens (tertiary/aromatic N) is 2. The van der Waals surface area contributed by atoms with Crippen LogP contribution in [0.25, 0.3) is 11.1 Å². The molecule has 5 heteroatoms. The van der Waals surface area contributed by atoms with E-state index in [4.69, 9.17) is 0 Å². The predicted octanol–water partition coefficient (Wildman–Crippen LogP) is 7.28. The summed E-state index contributed by atoms with van der Waals surface area (Å²) in [6, 6.07) is 9.07. The number of carbonyl (C=O) groups excluding carboxylic acids is 1. The SMILES string of the molecule is C.CCN1c2cc(O)c(C=O)cc2C(C)=CC1(C)C.CCN1c2cc(O)ccc2C(C)=CC1(C)C. The van der Waals surface area contributed by atoms with Crippen molar-refractivity contribution in [2.75, 3.05) is 22.9 Å². The van der Waals surface area contributed by atoms with E-state index in [1.807, 2.05) is 19.1 Å². The minimum Gasteiger partial charge on any atom is -0.508 e. The van der Waals surface area contributed by atoms with Gasteiger partial charge in [0.05, 0.1) is 16.6 Å². The Hall–Kier alpha value is -3.21. The normalized spacial score (nSPS) is 17.0. The van der Waals surface area contributed by atoms with E-state index in [9.17, 15) is 15.0 Å². The number of phenols is 2. The number of fused-ring (bicyclic) bond motifs is 2. The van der Waals surface area contributed by atoms with Gasteiger partial charge in [-0.15, -0.1) is 0 Å². The maximum Gasteiger partial charge on any atom is 0.153 e. The van der Waals surface area contributed by atoms with Gasteiger partial charge >= 0.3 is 0 Å².